The normalized spacial score (nSPS) is 21.3. The Morgan fingerprint density at radius 1 is 1.14 bits per heavy atom. The second-order valence-electron chi connectivity index (χ2n) is 6.69. The number of hydrogen-bond acceptors (Lipinski definition) is 4. The molecule has 1 saturated heterocycles. The molecule has 5 nitrogen and oxygen atoms in total. The number of ether oxygens (including phenoxy) is 1. The van der Waals surface area contributed by atoms with Gasteiger partial charge in [0.2, 0.25) is 0 Å². The van der Waals surface area contributed by atoms with E-state index in [1.54, 1.807) is 0 Å². The summed E-state index contributed by atoms with van der Waals surface area (Å²) in [7, 11) is -4.11. The Labute approximate surface area is 162 Å². The summed E-state index contributed by atoms with van der Waals surface area (Å²) in [5, 5.41) is 4.96. The van der Waals surface area contributed by atoms with Gasteiger partial charge in [-0.2, -0.15) is 31.4 Å². The number of H-pyrrole nitrogens is 1. The fourth-order valence-electron chi connectivity index (χ4n) is 3.15. The Kier molecular flexibility index (Phi) is 5.69. The monoisotopic (exact) mass is 442 g/mol. The molecule has 29 heavy (non-hydrogen) atoms. The smallest absolute Gasteiger partial charge is 0.372 e. The van der Waals surface area contributed by atoms with Gasteiger partial charge in [0.15, 0.2) is 9.84 Å². The van der Waals surface area contributed by atoms with Crippen molar-refractivity contribution in [2.75, 3.05) is 6.61 Å². The molecule has 1 aromatic carbocycles. The van der Waals surface area contributed by atoms with Crippen molar-refractivity contribution >= 4 is 9.84 Å². The van der Waals surface area contributed by atoms with E-state index in [2.05, 4.69) is 10.2 Å². The van der Waals surface area contributed by atoms with Crippen molar-refractivity contribution in [2.24, 2.45) is 0 Å². The molecule has 0 amide bonds. The highest BCUT2D eigenvalue weighted by molar-refractivity contribution is 7.92. The third kappa shape index (κ3) is 5.10. The molecule has 1 aliphatic heterocycles. The van der Waals surface area contributed by atoms with Crippen LogP contribution in [0.2, 0.25) is 0 Å². The number of alkyl halides is 6. The Hall–Kier alpha value is -2.08. The molecule has 1 N–H and O–H groups in total. The standard InChI is InChI=1S/C17H16F6N2O3S/c18-16(19,20)9-11-7-14(25-24-11)15-8-13(4-5-28-15)29(26,27)12-3-1-2-10(6-12)17(21,22)23/h1-3,6-7,13,15H,4-5,8-9H2,(H,24,25). The lowest BCUT2D eigenvalue weighted by molar-refractivity contribution is -0.137. The van der Waals surface area contributed by atoms with Crippen molar-refractivity contribution in [3.05, 3.63) is 47.3 Å². The first-order valence-electron chi connectivity index (χ1n) is 8.50. The van der Waals surface area contributed by atoms with Crippen LogP contribution in [0.3, 0.4) is 0 Å². The SMILES string of the molecule is O=S(=O)(c1cccc(C(F)(F)F)c1)C1CCOC(c2cc(CC(F)(F)F)[nH]n2)C1. The van der Waals surface area contributed by atoms with Gasteiger partial charge < -0.3 is 4.74 Å². The average Bonchev–Trinajstić information content (AvgIpc) is 3.08. The van der Waals surface area contributed by atoms with E-state index >= 15 is 0 Å². The van der Waals surface area contributed by atoms with Crippen LogP contribution in [-0.4, -0.2) is 36.6 Å². The second kappa shape index (κ2) is 7.63. The molecule has 1 fully saturated rings. The average molecular weight is 442 g/mol. The molecule has 0 spiro atoms. The van der Waals surface area contributed by atoms with E-state index in [0.717, 1.165) is 24.3 Å². The fraction of sp³-hybridized carbons (Fsp3) is 0.471. The number of aromatic nitrogens is 2. The van der Waals surface area contributed by atoms with Gasteiger partial charge in [-0.25, -0.2) is 8.42 Å². The second-order valence-corrected chi connectivity index (χ2v) is 8.91. The number of hydrogen-bond donors (Lipinski definition) is 1. The van der Waals surface area contributed by atoms with Gasteiger partial charge in [-0.1, -0.05) is 6.07 Å². The highest BCUT2D eigenvalue weighted by atomic mass is 32.2. The third-order valence-corrected chi connectivity index (χ3v) is 6.75. The van der Waals surface area contributed by atoms with Crippen LogP contribution in [0, 0.1) is 0 Å². The minimum atomic E-state index is -4.69. The molecular weight excluding hydrogens is 426 g/mol. The van der Waals surface area contributed by atoms with Gasteiger partial charge in [0.1, 0.15) is 6.10 Å². The molecule has 2 unspecified atom stereocenters. The molecule has 1 aliphatic rings. The number of sulfone groups is 1. The molecule has 0 saturated carbocycles. The minimum absolute atomic E-state index is 0.0189. The molecule has 2 atom stereocenters. The Morgan fingerprint density at radius 2 is 1.86 bits per heavy atom. The maximum absolute atomic E-state index is 12.9. The number of nitrogens with zero attached hydrogens (tertiary/aromatic N) is 1. The molecule has 3 rings (SSSR count). The van der Waals surface area contributed by atoms with E-state index in [0.29, 0.717) is 6.07 Å². The van der Waals surface area contributed by atoms with E-state index in [9.17, 15) is 34.8 Å². The van der Waals surface area contributed by atoms with Crippen molar-refractivity contribution in [3.63, 3.8) is 0 Å². The molecular formula is C17H16F6N2O3S. The van der Waals surface area contributed by atoms with E-state index in [-0.39, 0.29) is 30.8 Å². The van der Waals surface area contributed by atoms with Crippen LogP contribution in [0.25, 0.3) is 0 Å². The van der Waals surface area contributed by atoms with Crippen molar-refractivity contribution in [1.29, 1.82) is 0 Å². The Bertz CT molecular complexity index is 968. The predicted molar refractivity (Wildman–Crippen MR) is 88.7 cm³/mol. The molecule has 2 heterocycles. The lowest BCUT2D eigenvalue weighted by atomic mass is 10.1. The summed E-state index contributed by atoms with van der Waals surface area (Å²) in [5.74, 6) is 0. The van der Waals surface area contributed by atoms with E-state index in [1.165, 1.54) is 0 Å². The van der Waals surface area contributed by atoms with Crippen LogP contribution in [0.15, 0.2) is 35.2 Å². The summed E-state index contributed by atoms with van der Waals surface area (Å²) in [5.41, 5.74) is -1.15. The first-order valence-corrected chi connectivity index (χ1v) is 10.0. The first kappa shape index (κ1) is 21.6. The van der Waals surface area contributed by atoms with Gasteiger partial charge in [-0.3, -0.25) is 5.10 Å². The summed E-state index contributed by atoms with van der Waals surface area (Å²) in [6, 6.07) is 4.61. The molecule has 1 aromatic heterocycles. The maximum Gasteiger partial charge on any atom is 0.416 e. The zero-order valence-corrected chi connectivity index (χ0v) is 15.5. The van der Waals surface area contributed by atoms with Crippen molar-refractivity contribution in [1.82, 2.24) is 10.2 Å². The van der Waals surface area contributed by atoms with Crippen LogP contribution in [-0.2, 0) is 27.2 Å². The topological polar surface area (TPSA) is 72.1 Å². The lowest BCUT2D eigenvalue weighted by Gasteiger charge is -2.28. The van der Waals surface area contributed by atoms with Gasteiger partial charge >= 0.3 is 12.4 Å². The van der Waals surface area contributed by atoms with E-state index in [1.807, 2.05) is 0 Å². The Balaban J connectivity index is 1.80. The highest BCUT2D eigenvalue weighted by Crippen LogP contribution is 2.36. The van der Waals surface area contributed by atoms with Gasteiger partial charge in [0, 0.05) is 12.3 Å². The fourth-order valence-corrected chi connectivity index (χ4v) is 4.93. The molecule has 12 heteroatoms. The highest BCUT2D eigenvalue weighted by Gasteiger charge is 2.37. The van der Waals surface area contributed by atoms with Crippen LogP contribution in [0.4, 0.5) is 26.3 Å². The van der Waals surface area contributed by atoms with Gasteiger partial charge in [0.05, 0.1) is 27.8 Å². The quantitative estimate of drug-likeness (QED) is 0.720. The van der Waals surface area contributed by atoms with Crippen molar-refractivity contribution in [2.45, 2.75) is 47.9 Å². The van der Waals surface area contributed by atoms with Crippen LogP contribution in [0.1, 0.15) is 35.9 Å². The van der Waals surface area contributed by atoms with Crippen LogP contribution >= 0.6 is 0 Å². The summed E-state index contributed by atoms with van der Waals surface area (Å²) >= 11 is 0. The number of rotatable bonds is 4. The van der Waals surface area contributed by atoms with E-state index < -0.39 is 50.4 Å². The molecule has 0 radical (unpaired) electrons. The predicted octanol–water partition coefficient (Wildman–Crippen LogP) is 4.23. The molecule has 2 aromatic rings. The van der Waals surface area contributed by atoms with Gasteiger partial charge in [-0.15, -0.1) is 0 Å². The molecule has 0 bridgehead atoms. The number of benzene rings is 1. The largest absolute Gasteiger partial charge is 0.416 e. The third-order valence-electron chi connectivity index (χ3n) is 4.54. The van der Waals surface area contributed by atoms with Crippen molar-refractivity contribution < 1.29 is 39.5 Å². The summed E-state index contributed by atoms with van der Waals surface area (Å²) < 4.78 is 107. The van der Waals surface area contributed by atoms with Crippen LogP contribution in [0.5, 0.6) is 0 Å². The van der Waals surface area contributed by atoms with E-state index in [4.69, 9.17) is 4.74 Å². The summed E-state index contributed by atoms with van der Waals surface area (Å²) in [4.78, 5) is -0.460. The Morgan fingerprint density at radius 3 is 2.52 bits per heavy atom. The molecule has 160 valence electrons. The lowest BCUT2D eigenvalue weighted by Crippen LogP contribution is -2.31. The van der Waals surface area contributed by atoms with Crippen molar-refractivity contribution in [3.8, 4) is 0 Å². The maximum atomic E-state index is 12.9. The summed E-state index contributed by atoms with van der Waals surface area (Å²) in [6.45, 7) is -0.0189. The van der Waals surface area contributed by atoms with Gasteiger partial charge in [0.25, 0.3) is 0 Å². The number of aromatic amines is 1. The minimum Gasteiger partial charge on any atom is -0.372 e. The zero-order valence-electron chi connectivity index (χ0n) is 14.7. The van der Waals surface area contributed by atoms with Crippen LogP contribution < -0.4 is 0 Å². The van der Waals surface area contributed by atoms with Gasteiger partial charge in [-0.05, 0) is 37.1 Å². The number of halogens is 6. The summed E-state index contributed by atoms with van der Waals surface area (Å²) in [6.07, 6.45) is -11.3. The first-order chi connectivity index (χ1) is 13.4. The number of nitrogens with one attached hydrogen (secondary N) is 1. The zero-order chi connectivity index (χ0) is 21.4. The molecule has 0 aliphatic carbocycles.